The van der Waals surface area contributed by atoms with E-state index in [0.717, 1.165) is 12.2 Å². The highest BCUT2D eigenvalue weighted by atomic mass is 16.5. The molecule has 1 aliphatic rings. The average Bonchev–Trinajstić information content (AvgIpc) is 2.60. The van der Waals surface area contributed by atoms with Crippen molar-refractivity contribution in [3.8, 4) is 5.75 Å². The molecule has 1 heterocycles. The van der Waals surface area contributed by atoms with Crippen molar-refractivity contribution < 1.29 is 19.1 Å². The quantitative estimate of drug-likeness (QED) is 0.757. The number of nitrogens with zero attached hydrogens (tertiary/aromatic N) is 1. The third-order valence-electron chi connectivity index (χ3n) is 3.96. The predicted molar refractivity (Wildman–Crippen MR) is 87.5 cm³/mol. The molecule has 1 aliphatic heterocycles. The van der Waals surface area contributed by atoms with E-state index in [1.165, 1.54) is 0 Å². The van der Waals surface area contributed by atoms with Gasteiger partial charge in [0.2, 0.25) is 0 Å². The first kappa shape index (κ1) is 17.3. The number of esters is 1. The van der Waals surface area contributed by atoms with Gasteiger partial charge in [-0.25, -0.2) is 0 Å². The van der Waals surface area contributed by atoms with Crippen LogP contribution in [0.15, 0.2) is 24.3 Å². The molecule has 1 aromatic carbocycles. The fourth-order valence-corrected chi connectivity index (χ4v) is 2.70. The molecule has 1 amide bonds. The number of rotatable bonds is 6. The van der Waals surface area contributed by atoms with Crippen molar-refractivity contribution in [3.05, 3.63) is 29.8 Å². The third-order valence-corrected chi connectivity index (χ3v) is 3.96. The van der Waals surface area contributed by atoms with E-state index in [1.54, 1.807) is 17.0 Å². The van der Waals surface area contributed by atoms with Gasteiger partial charge in [-0.3, -0.25) is 9.59 Å². The summed E-state index contributed by atoms with van der Waals surface area (Å²) in [6.45, 7) is 6.07. The van der Waals surface area contributed by atoms with Gasteiger partial charge in [-0.2, -0.15) is 0 Å². The van der Waals surface area contributed by atoms with Gasteiger partial charge in [-0.15, -0.1) is 0 Å². The summed E-state index contributed by atoms with van der Waals surface area (Å²) >= 11 is 0. The molecule has 0 spiro atoms. The topological polar surface area (TPSA) is 55.8 Å². The molecule has 0 aromatic heterocycles. The molecule has 0 aliphatic carbocycles. The van der Waals surface area contributed by atoms with Crippen LogP contribution < -0.4 is 4.74 Å². The second kappa shape index (κ2) is 8.56. The molecule has 0 saturated carbocycles. The summed E-state index contributed by atoms with van der Waals surface area (Å²) in [4.78, 5) is 26.1. The molecule has 2 rings (SSSR count). The molecule has 126 valence electrons. The summed E-state index contributed by atoms with van der Waals surface area (Å²) in [5.74, 6) is 0.487. The van der Waals surface area contributed by atoms with Crippen LogP contribution in [0.25, 0.3) is 0 Å². The summed E-state index contributed by atoms with van der Waals surface area (Å²) < 4.78 is 10.6. The number of likely N-dealkylation sites (tertiary alicyclic amines) is 1. The minimum atomic E-state index is -0.144. The Balaban J connectivity index is 1.93. The Morgan fingerprint density at radius 3 is 2.61 bits per heavy atom. The van der Waals surface area contributed by atoms with Gasteiger partial charge in [-0.1, -0.05) is 13.0 Å². The maximum atomic E-state index is 12.6. The molecule has 0 radical (unpaired) electrons. The minimum absolute atomic E-state index is 0.00532. The lowest BCUT2D eigenvalue weighted by atomic mass is 9.96. The van der Waals surface area contributed by atoms with Gasteiger partial charge in [-0.05, 0) is 44.4 Å². The SMILES string of the molecule is CCCOc1cccc(C(=O)N2CCC(C(=O)OCC)CC2)c1. The summed E-state index contributed by atoms with van der Waals surface area (Å²) in [5, 5.41) is 0. The summed E-state index contributed by atoms with van der Waals surface area (Å²) in [5.41, 5.74) is 0.633. The van der Waals surface area contributed by atoms with Gasteiger partial charge in [0.25, 0.3) is 5.91 Å². The van der Waals surface area contributed by atoms with E-state index in [4.69, 9.17) is 9.47 Å². The molecule has 1 aromatic rings. The molecular weight excluding hydrogens is 294 g/mol. The van der Waals surface area contributed by atoms with Crippen LogP contribution in [0.4, 0.5) is 0 Å². The van der Waals surface area contributed by atoms with E-state index in [-0.39, 0.29) is 17.8 Å². The van der Waals surface area contributed by atoms with E-state index >= 15 is 0 Å². The Bertz CT molecular complexity index is 536. The molecule has 0 bridgehead atoms. The Hall–Kier alpha value is -2.04. The molecular formula is C18H25NO4. The van der Waals surface area contributed by atoms with Crippen LogP contribution >= 0.6 is 0 Å². The smallest absolute Gasteiger partial charge is 0.309 e. The van der Waals surface area contributed by atoms with Gasteiger partial charge in [0, 0.05) is 18.7 Å². The molecule has 0 N–H and O–H groups in total. The molecule has 1 saturated heterocycles. The van der Waals surface area contributed by atoms with Crippen molar-refractivity contribution in [1.82, 2.24) is 4.90 Å². The summed E-state index contributed by atoms with van der Waals surface area (Å²) in [6, 6.07) is 7.29. The molecule has 0 atom stereocenters. The number of amides is 1. The first-order valence-corrected chi connectivity index (χ1v) is 8.34. The molecule has 5 nitrogen and oxygen atoms in total. The van der Waals surface area contributed by atoms with Gasteiger partial charge >= 0.3 is 5.97 Å². The number of benzene rings is 1. The van der Waals surface area contributed by atoms with E-state index < -0.39 is 0 Å². The van der Waals surface area contributed by atoms with Gasteiger partial charge in [0.15, 0.2) is 0 Å². The van der Waals surface area contributed by atoms with Crippen LogP contribution in [0.1, 0.15) is 43.5 Å². The number of hydrogen-bond donors (Lipinski definition) is 0. The van der Waals surface area contributed by atoms with Crippen LogP contribution in [0, 0.1) is 5.92 Å². The molecule has 23 heavy (non-hydrogen) atoms. The van der Waals surface area contributed by atoms with Crippen molar-refractivity contribution in [2.75, 3.05) is 26.3 Å². The summed E-state index contributed by atoms with van der Waals surface area (Å²) in [6.07, 6.45) is 2.26. The van der Waals surface area contributed by atoms with Crippen LogP contribution in [0.2, 0.25) is 0 Å². The Kier molecular flexibility index (Phi) is 6.44. The van der Waals surface area contributed by atoms with Crippen LogP contribution in [-0.4, -0.2) is 43.1 Å². The second-order valence-electron chi connectivity index (χ2n) is 5.69. The average molecular weight is 319 g/mol. The lowest BCUT2D eigenvalue weighted by Gasteiger charge is -2.31. The highest BCUT2D eigenvalue weighted by Gasteiger charge is 2.28. The zero-order valence-corrected chi connectivity index (χ0v) is 13.9. The minimum Gasteiger partial charge on any atom is -0.494 e. The van der Waals surface area contributed by atoms with Gasteiger partial charge < -0.3 is 14.4 Å². The Morgan fingerprint density at radius 1 is 1.22 bits per heavy atom. The number of carbonyl (C=O) groups is 2. The third kappa shape index (κ3) is 4.71. The molecule has 0 unspecified atom stereocenters. The van der Waals surface area contributed by atoms with E-state index in [2.05, 4.69) is 0 Å². The van der Waals surface area contributed by atoms with Crippen LogP contribution in [0.3, 0.4) is 0 Å². The maximum absolute atomic E-state index is 12.6. The number of piperidine rings is 1. The summed E-state index contributed by atoms with van der Waals surface area (Å²) in [7, 11) is 0. The highest BCUT2D eigenvalue weighted by Crippen LogP contribution is 2.22. The zero-order valence-electron chi connectivity index (χ0n) is 13.9. The van der Waals surface area contributed by atoms with Crippen molar-refractivity contribution >= 4 is 11.9 Å². The first-order chi connectivity index (χ1) is 11.2. The van der Waals surface area contributed by atoms with E-state index in [9.17, 15) is 9.59 Å². The van der Waals surface area contributed by atoms with Gasteiger partial charge in [0.05, 0.1) is 19.1 Å². The number of carbonyl (C=O) groups excluding carboxylic acids is 2. The fraction of sp³-hybridized carbons (Fsp3) is 0.556. The van der Waals surface area contributed by atoms with Gasteiger partial charge in [0.1, 0.15) is 5.75 Å². The molecule has 5 heteroatoms. The van der Waals surface area contributed by atoms with Crippen molar-refractivity contribution in [1.29, 1.82) is 0 Å². The highest BCUT2D eigenvalue weighted by molar-refractivity contribution is 5.94. The van der Waals surface area contributed by atoms with Crippen molar-refractivity contribution in [3.63, 3.8) is 0 Å². The number of hydrogen-bond acceptors (Lipinski definition) is 4. The normalized spacial score (nSPS) is 15.3. The fourth-order valence-electron chi connectivity index (χ4n) is 2.70. The van der Waals surface area contributed by atoms with Crippen LogP contribution in [0.5, 0.6) is 5.75 Å². The zero-order chi connectivity index (χ0) is 16.7. The standard InChI is InChI=1S/C18H25NO4/c1-3-12-23-16-7-5-6-15(13-16)17(20)19-10-8-14(9-11-19)18(21)22-4-2/h5-7,13-14H,3-4,8-12H2,1-2H3. The maximum Gasteiger partial charge on any atom is 0.309 e. The van der Waals surface area contributed by atoms with Crippen molar-refractivity contribution in [2.45, 2.75) is 33.1 Å². The lowest BCUT2D eigenvalue weighted by Crippen LogP contribution is -2.40. The lowest BCUT2D eigenvalue weighted by molar-refractivity contribution is -0.149. The monoisotopic (exact) mass is 319 g/mol. The largest absolute Gasteiger partial charge is 0.494 e. The first-order valence-electron chi connectivity index (χ1n) is 8.34. The second-order valence-corrected chi connectivity index (χ2v) is 5.69. The number of ether oxygens (including phenoxy) is 2. The Labute approximate surface area is 137 Å². The van der Waals surface area contributed by atoms with Crippen LogP contribution in [-0.2, 0) is 9.53 Å². The van der Waals surface area contributed by atoms with Crippen molar-refractivity contribution in [2.24, 2.45) is 5.92 Å². The predicted octanol–water partition coefficient (Wildman–Crippen LogP) is 2.89. The molecule has 1 fully saturated rings. The Morgan fingerprint density at radius 2 is 1.96 bits per heavy atom. The van der Waals surface area contributed by atoms with E-state index in [0.29, 0.717) is 44.7 Å². The van der Waals surface area contributed by atoms with E-state index in [1.807, 2.05) is 26.0 Å².